The Morgan fingerprint density at radius 2 is 1.83 bits per heavy atom. The van der Waals surface area contributed by atoms with E-state index < -0.39 is 10.8 Å². The van der Waals surface area contributed by atoms with E-state index in [1.165, 1.54) is 12.1 Å². The van der Waals surface area contributed by atoms with Crippen molar-refractivity contribution in [3.8, 4) is 11.3 Å². The molecular formula is C19H18FNO2S. The van der Waals surface area contributed by atoms with Gasteiger partial charge in [0.1, 0.15) is 17.3 Å². The molecule has 0 amide bonds. The van der Waals surface area contributed by atoms with Crippen LogP contribution in [0.3, 0.4) is 0 Å². The number of benzene rings is 2. The SMILES string of the molecule is Cc1cc(F)ccc1-c1ccc(CNc2ccc([S@](C)=O)cc2)o1. The maximum atomic E-state index is 13.2. The fourth-order valence-electron chi connectivity index (χ4n) is 2.47. The Morgan fingerprint density at radius 3 is 2.50 bits per heavy atom. The van der Waals surface area contributed by atoms with Crippen LogP contribution in [0.5, 0.6) is 0 Å². The van der Waals surface area contributed by atoms with Crippen molar-refractivity contribution in [2.24, 2.45) is 0 Å². The summed E-state index contributed by atoms with van der Waals surface area (Å²) in [6, 6.07) is 15.9. The third kappa shape index (κ3) is 3.74. The van der Waals surface area contributed by atoms with Crippen LogP contribution in [0.15, 0.2) is 63.9 Å². The minimum absolute atomic E-state index is 0.249. The van der Waals surface area contributed by atoms with E-state index in [4.69, 9.17) is 4.42 Å². The molecule has 0 bridgehead atoms. The number of halogens is 1. The summed E-state index contributed by atoms with van der Waals surface area (Å²) in [5.41, 5.74) is 2.66. The van der Waals surface area contributed by atoms with Gasteiger partial charge in [-0.1, -0.05) is 0 Å². The lowest BCUT2D eigenvalue weighted by molar-refractivity contribution is 0.531. The van der Waals surface area contributed by atoms with Crippen LogP contribution < -0.4 is 5.32 Å². The Morgan fingerprint density at radius 1 is 1.08 bits per heavy atom. The molecule has 0 saturated heterocycles. The highest BCUT2D eigenvalue weighted by Crippen LogP contribution is 2.26. The molecule has 0 saturated carbocycles. The van der Waals surface area contributed by atoms with Crippen molar-refractivity contribution in [3.63, 3.8) is 0 Å². The fourth-order valence-corrected chi connectivity index (χ4v) is 2.99. The Kier molecular flexibility index (Phi) is 4.81. The molecule has 3 aromatic rings. The third-order valence-corrected chi connectivity index (χ3v) is 4.70. The zero-order valence-corrected chi connectivity index (χ0v) is 14.3. The van der Waals surface area contributed by atoms with Gasteiger partial charge >= 0.3 is 0 Å². The van der Waals surface area contributed by atoms with Crippen LogP contribution >= 0.6 is 0 Å². The molecule has 5 heteroatoms. The molecule has 1 N–H and O–H groups in total. The second-order valence-electron chi connectivity index (χ2n) is 5.56. The number of furan rings is 1. The van der Waals surface area contributed by atoms with Crippen LogP contribution in [-0.4, -0.2) is 10.5 Å². The van der Waals surface area contributed by atoms with Crippen LogP contribution in [0, 0.1) is 12.7 Å². The van der Waals surface area contributed by atoms with Crippen molar-refractivity contribution >= 4 is 16.5 Å². The maximum absolute atomic E-state index is 13.2. The zero-order valence-electron chi connectivity index (χ0n) is 13.5. The van der Waals surface area contributed by atoms with Gasteiger partial charge in [0.05, 0.1) is 6.54 Å². The van der Waals surface area contributed by atoms with E-state index in [9.17, 15) is 8.60 Å². The summed E-state index contributed by atoms with van der Waals surface area (Å²) in [5, 5.41) is 3.26. The largest absolute Gasteiger partial charge is 0.459 e. The van der Waals surface area contributed by atoms with Crippen LogP contribution in [0.2, 0.25) is 0 Å². The van der Waals surface area contributed by atoms with Crippen LogP contribution in [0.4, 0.5) is 10.1 Å². The molecule has 0 fully saturated rings. The van der Waals surface area contributed by atoms with Gasteiger partial charge in [0.2, 0.25) is 0 Å². The van der Waals surface area contributed by atoms with E-state index in [0.717, 1.165) is 33.2 Å². The van der Waals surface area contributed by atoms with Crippen molar-refractivity contribution in [2.75, 3.05) is 11.6 Å². The third-order valence-electron chi connectivity index (χ3n) is 3.77. The molecule has 24 heavy (non-hydrogen) atoms. The van der Waals surface area contributed by atoms with E-state index in [-0.39, 0.29) is 5.82 Å². The van der Waals surface area contributed by atoms with E-state index in [1.807, 2.05) is 43.3 Å². The summed E-state index contributed by atoms with van der Waals surface area (Å²) in [4.78, 5) is 0.799. The molecule has 0 aliphatic rings. The molecule has 1 heterocycles. The van der Waals surface area contributed by atoms with Crippen molar-refractivity contribution in [3.05, 3.63) is 71.7 Å². The first-order valence-electron chi connectivity index (χ1n) is 7.55. The highest BCUT2D eigenvalue weighted by Gasteiger charge is 2.08. The standard InChI is InChI=1S/C19H18FNO2S/c1-13-11-14(20)3-9-18(13)19-10-6-16(23-19)12-21-15-4-7-17(8-5-15)24(2)22/h3-11,21H,12H2,1-2H3/t24-/m0/s1. The number of hydrogen-bond donors (Lipinski definition) is 1. The van der Waals surface area contributed by atoms with E-state index in [2.05, 4.69) is 5.32 Å². The minimum Gasteiger partial charge on any atom is -0.459 e. The highest BCUT2D eigenvalue weighted by molar-refractivity contribution is 7.84. The molecular weight excluding hydrogens is 325 g/mol. The number of anilines is 1. The van der Waals surface area contributed by atoms with Crippen molar-refractivity contribution < 1.29 is 13.0 Å². The average molecular weight is 343 g/mol. The van der Waals surface area contributed by atoms with Gasteiger partial charge in [-0.05, 0) is 67.1 Å². The van der Waals surface area contributed by atoms with Crippen molar-refractivity contribution in [1.82, 2.24) is 0 Å². The Balaban J connectivity index is 1.69. The number of hydrogen-bond acceptors (Lipinski definition) is 3. The lowest BCUT2D eigenvalue weighted by Gasteiger charge is -2.06. The van der Waals surface area contributed by atoms with Gasteiger partial charge in [-0.25, -0.2) is 4.39 Å². The first-order chi connectivity index (χ1) is 11.5. The monoisotopic (exact) mass is 343 g/mol. The number of aryl methyl sites for hydroxylation is 1. The highest BCUT2D eigenvalue weighted by atomic mass is 32.2. The van der Waals surface area contributed by atoms with Crippen LogP contribution in [0.1, 0.15) is 11.3 Å². The summed E-state index contributed by atoms with van der Waals surface area (Å²) in [5.74, 6) is 1.26. The van der Waals surface area contributed by atoms with Gasteiger partial charge in [0.15, 0.2) is 0 Å². The second kappa shape index (κ2) is 7.01. The number of nitrogens with one attached hydrogen (secondary N) is 1. The van der Waals surface area contributed by atoms with Gasteiger partial charge in [-0.2, -0.15) is 0 Å². The molecule has 0 radical (unpaired) electrons. The Bertz CT molecular complexity index is 871. The lowest BCUT2D eigenvalue weighted by atomic mass is 10.1. The van der Waals surface area contributed by atoms with E-state index >= 15 is 0 Å². The molecule has 1 atom stereocenters. The van der Waals surface area contributed by atoms with Crippen LogP contribution in [0.25, 0.3) is 11.3 Å². The van der Waals surface area contributed by atoms with E-state index in [0.29, 0.717) is 6.54 Å². The molecule has 0 unspecified atom stereocenters. The summed E-state index contributed by atoms with van der Waals surface area (Å²) in [7, 11) is -0.972. The van der Waals surface area contributed by atoms with Gasteiger partial charge in [0.25, 0.3) is 0 Å². The van der Waals surface area contributed by atoms with E-state index in [1.54, 1.807) is 12.3 Å². The van der Waals surface area contributed by atoms with Crippen molar-refractivity contribution in [1.29, 1.82) is 0 Å². The predicted octanol–water partition coefficient (Wildman–Crippen LogP) is 4.74. The second-order valence-corrected chi connectivity index (χ2v) is 6.94. The summed E-state index contributed by atoms with van der Waals surface area (Å²) in [6.45, 7) is 2.40. The average Bonchev–Trinajstić information content (AvgIpc) is 3.02. The first-order valence-corrected chi connectivity index (χ1v) is 9.11. The van der Waals surface area contributed by atoms with Gasteiger partial charge in [-0.3, -0.25) is 4.21 Å². The normalized spacial score (nSPS) is 12.1. The van der Waals surface area contributed by atoms with Gasteiger partial charge in [0, 0.05) is 33.2 Å². The van der Waals surface area contributed by atoms with Crippen molar-refractivity contribution in [2.45, 2.75) is 18.4 Å². The first kappa shape index (κ1) is 16.5. The summed E-state index contributed by atoms with van der Waals surface area (Å²) >= 11 is 0. The molecule has 0 aliphatic heterocycles. The van der Waals surface area contributed by atoms with Gasteiger partial charge < -0.3 is 9.73 Å². The molecule has 3 rings (SSSR count). The molecule has 0 spiro atoms. The number of rotatable bonds is 5. The zero-order chi connectivity index (χ0) is 17.1. The fraction of sp³-hybridized carbons (Fsp3) is 0.158. The summed E-state index contributed by atoms with van der Waals surface area (Å²) in [6.07, 6.45) is 1.66. The molecule has 2 aromatic carbocycles. The topological polar surface area (TPSA) is 42.2 Å². The Labute approximate surface area is 143 Å². The van der Waals surface area contributed by atoms with Gasteiger partial charge in [-0.15, -0.1) is 0 Å². The molecule has 0 aliphatic carbocycles. The quantitative estimate of drug-likeness (QED) is 0.727. The Hall–Kier alpha value is -2.40. The minimum atomic E-state index is -0.972. The predicted molar refractivity (Wildman–Crippen MR) is 94.9 cm³/mol. The summed E-state index contributed by atoms with van der Waals surface area (Å²) < 4.78 is 30.4. The molecule has 1 aromatic heterocycles. The lowest BCUT2D eigenvalue weighted by Crippen LogP contribution is -1.98. The maximum Gasteiger partial charge on any atom is 0.134 e. The molecule has 3 nitrogen and oxygen atoms in total. The van der Waals surface area contributed by atoms with Crippen LogP contribution in [-0.2, 0) is 17.3 Å². The molecule has 124 valence electrons. The smallest absolute Gasteiger partial charge is 0.134 e.